The molecule has 0 saturated carbocycles. The number of aliphatic hydroxyl groups excluding tert-OH is 13. The van der Waals surface area contributed by atoms with Crippen molar-refractivity contribution in [3.8, 4) is 5.75 Å². The van der Waals surface area contributed by atoms with E-state index in [2.05, 4.69) is 50.2 Å². The number of amides is 1. The van der Waals surface area contributed by atoms with Gasteiger partial charge in [-0.05, 0) is 103 Å². The smallest absolute Gasteiger partial charge is 0.329 e. The number of H-pyrrole nitrogens is 1. The van der Waals surface area contributed by atoms with E-state index in [1.54, 1.807) is 128 Å². The third-order valence-electron chi connectivity index (χ3n) is 19.2. The van der Waals surface area contributed by atoms with Crippen LogP contribution in [0.3, 0.4) is 0 Å². The molecule has 0 saturated heterocycles. The molecule has 1 aliphatic rings. The molecule has 21 N–H and O–H groups in total. The zero-order valence-electron chi connectivity index (χ0n) is 66.1. The van der Waals surface area contributed by atoms with Crippen LogP contribution in [0.4, 0.5) is 0 Å². The molecule has 0 radical (unpaired) electrons. The SMILES string of the molecule is CC(C)NCc1ccc(CC2C(O)=NC(C(C)O)C(O)=NC(Cc3ccccc3)C(O)=NC(C(C)O)C(O)=NC(CO)C(O)=NC(C(=O)O)CSSCC(N=C(O)C(N)Cc3ccc(O)cc3)C(O)=NC(CCCCN)C(O)=NC(Cc3ccccc3)C(O)=NC(Cc3ccccc3)C(O)=NC(Cc3c[nH]c4ccccc34)C(=O)N2C)cc1. The maximum Gasteiger partial charge on any atom is 0.329 e. The largest absolute Gasteiger partial charge is 0.508 e. The van der Waals surface area contributed by atoms with E-state index >= 15 is 4.79 Å². The van der Waals surface area contributed by atoms with E-state index in [1.165, 1.54) is 26.1 Å². The van der Waals surface area contributed by atoms with Gasteiger partial charge in [-0.15, -0.1) is 0 Å². The van der Waals surface area contributed by atoms with Crippen molar-refractivity contribution in [2.75, 3.05) is 31.7 Å². The van der Waals surface area contributed by atoms with Crippen molar-refractivity contribution in [2.45, 2.75) is 183 Å². The van der Waals surface area contributed by atoms with Crippen molar-refractivity contribution < 1.29 is 86.2 Å². The number of phenols is 1. The van der Waals surface area contributed by atoms with E-state index in [-0.39, 0.29) is 75.5 Å². The number of carboxylic acids is 1. The molecule has 118 heavy (non-hydrogen) atoms. The van der Waals surface area contributed by atoms with Crippen LogP contribution < -0.4 is 16.8 Å². The normalized spacial score (nSPS) is 23.0. The Bertz CT molecular complexity index is 4690. The number of carbonyl (C=O) groups excluding carboxylic acids is 1. The number of rotatable bonds is 25. The van der Waals surface area contributed by atoms with Crippen LogP contribution in [-0.4, -0.2) is 280 Å². The number of hydrogen-bond donors (Lipinski definition) is 19. The van der Waals surface area contributed by atoms with Gasteiger partial charge in [-0.3, -0.25) is 4.79 Å². The Morgan fingerprint density at radius 3 is 1.49 bits per heavy atom. The molecule has 8 rings (SSSR count). The molecule has 6 aromatic carbocycles. The molecule has 1 aliphatic heterocycles. The van der Waals surface area contributed by atoms with Crippen LogP contribution >= 0.6 is 21.6 Å². The van der Waals surface area contributed by atoms with Gasteiger partial charge in [0, 0.05) is 80.3 Å². The predicted octanol–water partition coefficient (Wildman–Crippen LogP) is 8.90. The van der Waals surface area contributed by atoms with Crippen LogP contribution in [-0.2, 0) is 54.7 Å². The fraction of sp³-hybridized carbons (Fsp3) is 0.405. The summed E-state index contributed by atoms with van der Waals surface area (Å²) in [6, 6.07) is 26.9. The highest BCUT2D eigenvalue weighted by molar-refractivity contribution is 8.76. The van der Waals surface area contributed by atoms with Gasteiger partial charge >= 0.3 is 5.97 Å². The van der Waals surface area contributed by atoms with Gasteiger partial charge in [-0.25, -0.2) is 54.7 Å². The number of nitrogens with one attached hydrogen (secondary N) is 2. The number of nitrogens with two attached hydrogens (primary N) is 2. The van der Waals surface area contributed by atoms with Crippen molar-refractivity contribution in [1.82, 2.24) is 15.2 Å². The Labute approximate surface area is 691 Å². The van der Waals surface area contributed by atoms with Crippen molar-refractivity contribution in [2.24, 2.45) is 61.4 Å². The van der Waals surface area contributed by atoms with Gasteiger partial charge in [-0.1, -0.05) is 181 Å². The molecule has 0 fully saturated rings. The summed E-state index contributed by atoms with van der Waals surface area (Å²) in [5, 5.41) is 180. The van der Waals surface area contributed by atoms with E-state index < -0.39 is 168 Å². The molecule has 632 valence electrons. The Morgan fingerprint density at radius 2 is 0.966 bits per heavy atom. The number of likely N-dealkylation sites (N-methyl/N-ethyl adjacent to an activating group) is 1. The number of aromatic nitrogens is 1. The first-order valence-corrected chi connectivity index (χ1v) is 41.1. The second-order valence-corrected chi connectivity index (χ2v) is 31.4. The number of aliphatic imine (C=N–C) groups is 10. The number of nitrogens with zero attached hydrogens (tertiary/aromatic N) is 11. The predicted molar refractivity (Wildman–Crippen MR) is 465 cm³/mol. The Kier molecular flexibility index (Phi) is 36.0. The molecule has 1 amide bonds. The number of hydrogen-bond acceptors (Lipinski definition) is 21. The van der Waals surface area contributed by atoms with Gasteiger partial charge in [0.1, 0.15) is 48.0 Å². The number of aliphatic carboxylic acids is 1. The summed E-state index contributed by atoms with van der Waals surface area (Å²) in [5.41, 5.74) is 17.4. The maximum absolute atomic E-state index is 16.1. The van der Waals surface area contributed by atoms with Crippen LogP contribution in [0.5, 0.6) is 5.75 Å². The Hall–Kier alpha value is -11.2. The molecule has 34 heteroatoms. The molecule has 0 bridgehead atoms. The Balaban J connectivity index is 1.36. The third kappa shape index (κ3) is 28.3. The number of carbonyl (C=O) groups is 2. The summed E-state index contributed by atoms with van der Waals surface area (Å²) < 4.78 is 0. The molecule has 2 heterocycles. The van der Waals surface area contributed by atoms with Crippen LogP contribution in [0.2, 0.25) is 0 Å². The molecule has 14 unspecified atom stereocenters. The highest BCUT2D eigenvalue weighted by Crippen LogP contribution is 2.28. The number of aliphatic hydroxyl groups is 13. The lowest BCUT2D eigenvalue weighted by molar-refractivity contribution is -0.138. The number of aromatic amines is 1. The maximum atomic E-state index is 16.1. The van der Waals surface area contributed by atoms with Crippen molar-refractivity contribution in [1.29, 1.82) is 0 Å². The lowest BCUT2D eigenvalue weighted by atomic mass is 10.00. The van der Waals surface area contributed by atoms with E-state index in [0.717, 1.165) is 39.0 Å². The average Bonchev–Trinajstić information content (AvgIpc) is 1.47. The summed E-state index contributed by atoms with van der Waals surface area (Å²) in [7, 11) is 3.09. The lowest BCUT2D eigenvalue weighted by Gasteiger charge is -2.30. The first-order chi connectivity index (χ1) is 56.5. The van der Waals surface area contributed by atoms with Gasteiger partial charge in [0.05, 0.1) is 24.9 Å². The number of para-hydroxylation sites is 1. The zero-order chi connectivity index (χ0) is 85.5. The number of fused-ring (bicyclic) bond motifs is 1. The van der Waals surface area contributed by atoms with E-state index in [9.17, 15) is 81.4 Å². The van der Waals surface area contributed by atoms with Gasteiger partial charge in [-0.2, -0.15) is 0 Å². The fourth-order valence-electron chi connectivity index (χ4n) is 12.5. The molecule has 7 aromatic rings. The van der Waals surface area contributed by atoms with Crippen LogP contribution in [0.15, 0.2) is 220 Å². The lowest BCUT2D eigenvalue weighted by Crippen LogP contribution is -2.49. The van der Waals surface area contributed by atoms with E-state index in [0.29, 0.717) is 57.2 Å². The van der Waals surface area contributed by atoms with Gasteiger partial charge < -0.3 is 103 Å². The summed E-state index contributed by atoms with van der Waals surface area (Å²) in [5.74, 6) is -12.0. The van der Waals surface area contributed by atoms with Crippen LogP contribution in [0.1, 0.15) is 85.9 Å². The van der Waals surface area contributed by atoms with E-state index in [4.69, 9.17) is 21.5 Å². The minimum atomic E-state index is -1.94. The second kappa shape index (κ2) is 46.1. The molecule has 1 aromatic heterocycles. The fourth-order valence-corrected chi connectivity index (χ4v) is 14.8. The first-order valence-electron chi connectivity index (χ1n) is 38.6. The second-order valence-electron chi connectivity index (χ2n) is 28.9. The van der Waals surface area contributed by atoms with Crippen LogP contribution in [0, 0.1) is 0 Å². The van der Waals surface area contributed by atoms with Crippen molar-refractivity contribution in [3.63, 3.8) is 0 Å². The molecular weight excluding hydrogens is 1560 g/mol. The van der Waals surface area contributed by atoms with Crippen molar-refractivity contribution >= 4 is 103 Å². The standard InChI is InChI=1S/C84H107N15O17S2/c1-48(2)87-43-56-30-28-55(29-31-56)41-70-80(111)98-72(50(4)102)81(112)92-65(40-53-23-13-8-14-24-53)77(108)97-71(49(3)101)82(113)94-67(45-100)78(109)96-69(84(115)116)47-118-117-46-68(95-73(104)60(86)37-54-32-34-58(103)35-33-54)79(110)89-62(27-17-18-36-85)74(105)90-63(38-51-19-9-6-10-20-51)75(106)91-64(39-52-21-11-7-12-22-52)76(107)93-66(83(114)99(70)5)42-57-44-88-61-26-16-15-25-59(57)61/h6-16,19-26,28-35,44,48-50,60,62-72,87-88,100-103H,17-18,27,36-43,45-47,85-86H2,1-5H3,(H,89,110)(H,90,105)(H,91,106)(H,92,112)(H,93,107)(H,94,113)(H,95,104)(H,96,109)(H,97,108)(H,98,111)(H,115,116). The summed E-state index contributed by atoms with van der Waals surface area (Å²) in [6.45, 7) is 5.93. The molecule has 0 spiro atoms. The highest BCUT2D eigenvalue weighted by Gasteiger charge is 2.37. The summed E-state index contributed by atoms with van der Waals surface area (Å²) >= 11 is 0. The first kappa shape index (κ1) is 92.3. The molecular formula is C84H107N15O17S2. The topological polar surface area (TPSA) is 544 Å². The number of benzene rings is 6. The Morgan fingerprint density at radius 1 is 0.517 bits per heavy atom. The number of carboxylic acid groups (broad SMARTS) is 1. The van der Waals surface area contributed by atoms with Crippen molar-refractivity contribution in [3.05, 3.63) is 209 Å². The number of aromatic hydroxyl groups is 1. The quantitative estimate of drug-likeness (QED) is 0.0110. The minimum absolute atomic E-state index is 0.0215. The molecule has 14 atom stereocenters. The number of phenolic OH excluding ortho intramolecular Hbond substituents is 1. The van der Waals surface area contributed by atoms with Gasteiger partial charge in [0.15, 0.2) is 30.1 Å². The van der Waals surface area contributed by atoms with E-state index in [1.807, 2.05) is 44.2 Å². The highest BCUT2D eigenvalue weighted by atomic mass is 33.1. The minimum Gasteiger partial charge on any atom is -0.508 e. The van der Waals surface area contributed by atoms with Gasteiger partial charge in [0.25, 0.3) is 0 Å². The molecule has 0 aliphatic carbocycles. The summed E-state index contributed by atoms with van der Waals surface area (Å²) in [4.78, 5) is 77.4. The summed E-state index contributed by atoms with van der Waals surface area (Å²) in [6.07, 6.45) is -2.18. The zero-order valence-corrected chi connectivity index (χ0v) is 67.8. The monoisotopic (exact) mass is 1660 g/mol. The number of unbranched alkanes of at least 4 members (excludes halogenated alkanes) is 1. The van der Waals surface area contributed by atoms with Gasteiger partial charge in [0.2, 0.25) is 59.0 Å². The third-order valence-corrected chi connectivity index (χ3v) is 21.6. The molecule has 32 nitrogen and oxygen atoms in total. The average molecular weight is 1660 g/mol. The van der Waals surface area contributed by atoms with Crippen LogP contribution in [0.25, 0.3) is 10.9 Å².